The first-order chi connectivity index (χ1) is 10.1. The van der Waals surface area contributed by atoms with Crippen LogP contribution in [-0.4, -0.2) is 35.4 Å². The molecule has 0 radical (unpaired) electrons. The Morgan fingerprint density at radius 1 is 1.38 bits per heavy atom. The summed E-state index contributed by atoms with van der Waals surface area (Å²) in [7, 11) is 0. The van der Waals surface area contributed by atoms with Crippen molar-refractivity contribution in [1.29, 1.82) is 0 Å². The van der Waals surface area contributed by atoms with E-state index in [1.54, 1.807) is 18.6 Å². The molecule has 1 saturated heterocycles. The van der Waals surface area contributed by atoms with Gasteiger partial charge in [-0.2, -0.15) is 0 Å². The SMILES string of the molecule is CCCCCC(C)N1CC(=O)C(=O)NC1=C1C=NC=CN1. The molecule has 2 aliphatic rings. The molecule has 0 aromatic rings. The molecular formula is C15H22N4O2. The van der Waals surface area contributed by atoms with Crippen molar-refractivity contribution >= 4 is 17.9 Å². The molecule has 1 unspecified atom stereocenters. The van der Waals surface area contributed by atoms with E-state index < -0.39 is 11.7 Å². The number of aliphatic imine (C=N–C) groups is 1. The van der Waals surface area contributed by atoms with Gasteiger partial charge in [-0.05, 0) is 13.3 Å². The number of carbonyl (C=O) groups excluding carboxylic acids is 2. The van der Waals surface area contributed by atoms with E-state index in [0.29, 0.717) is 11.5 Å². The Hall–Kier alpha value is -2.11. The van der Waals surface area contributed by atoms with Gasteiger partial charge in [0.2, 0.25) is 5.78 Å². The molecule has 1 atom stereocenters. The van der Waals surface area contributed by atoms with Crippen LogP contribution in [-0.2, 0) is 9.59 Å². The van der Waals surface area contributed by atoms with Gasteiger partial charge in [0.1, 0.15) is 5.82 Å². The number of carbonyl (C=O) groups is 2. The van der Waals surface area contributed by atoms with Gasteiger partial charge in [-0.3, -0.25) is 14.6 Å². The predicted octanol–water partition coefficient (Wildman–Crippen LogP) is 1.27. The normalized spacial score (nSPS) is 23.0. The van der Waals surface area contributed by atoms with Crippen molar-refractivity contribution < 1.29 is 9.59 Å². The first-order valence-electron chi connectivity index (χ1n) is 7.43. The standard InChI is InChI=1S/C15H22N4O2/c1-3-4-5-6-11(2)19-10-13(20)15(21)18-14(19)12-9-16-7-8-17-12/h7-9,11,17H,3-6,10H2,1-2H3,(H,18,21). The van der Waals surface area contributed by atoms with Gasteiger partial charge in [0.25, 0.3) is 5.91 Å². The second-order valence-electron chi connectivity index (χ2n) is 5.35. The van der Waals surface area contributed by atoms with E-state index in [4.69, 9.17) is 0 Å². The van der Waals surface area contributed by atoms with Crippen LogP contribution in [0.25, 0.3) is 0 Å². The number of hydrogen-bond donors (Lipinski definition) is 2. The maximum Gasteiger partial charge on any atom is 0.294 e. The highest BCUT2D eigenvalue weighted by molar-refractivity contribution is 6.38. The van der Waals surface area contributed by atoms with Crippen LogP contribution in [0.5, 0.6) is 0 Å². The highest BCUT2D eigenvalue weighted by atomic mass is 16.2. The lowest BCUT2D eigenvalue weighted by atomic mass is 10.1. The fraction of sp³-hybridized carbons (Fsp3) is 0.533. The minimum absolute atomic E-state index is 0.122. The summed E-state index contributed by atoms with van der Waals surface area (Å²) >= 11 is 0. The lowest BCUT2D eigenvalue weighted by Gasteiger charge is -2.36. The molecule has 0 aromatic heterocycles. The molecule has 0 spiro atoms. The van der Waals surface area contributed by atoms with E-state index in [-0.39, 0.29) is 12.6 Å². The van der Waals surface area contributed by atoms with Crippen molar-refractivity contribution in [3.05, 3.63) is 23.9 Å². The molecule has 6 heteroatoms. The summed E-state index contributed by atoms with van der Waals surface area (Å²) in [5.74, 6) is -0.319. The second-order valence-corrected chi connectivity index (χ2v) is 5.35. The van der Waals surface area contributed by atoms with E-state index in [1.165, 1.54) is 6.42 Å². The van der Waals surface area contributed by atoms with Gasteiger partial charge in [0.05, 0.1) is 18.5 Å². The first kappa shape index (κ1) is 15.3. The molecular weight excluding hydrogens is 268 g/mol. The van der Waals surface area contributed by atoms with Gasteiger partial charge in [0, 0.05) is 18.4 Å². The Labute approximate surface area is 125 Å². The summed E-state index contributed by atoms with van der Waals surface area (Å²) in [5.41, 5.74) is 0.709. The van der Waals surface area contributed by atoms with E-state index >= 15 is 0 Å². The first-order valence-corrected chi connectivity index (χ1v) is 7.43. The predicted molar refractivity (Wildman–Crippen MR) is 81.3 cm³/mol. The average Bonchev–Trinajstić information content (AvgIpc) is 2.50. The maximum atomic E-state index is 11.7. The zero-order valence-corrected chi connectivity index (χ0v) is 12.6. The number of hydrogen-bond acceptors (Lipinski definition) is 5. The third-order valence-corrected chi connectivity index (χ3v) is 3.70. The molecule has 0 aromatic carbocycles. The smallest absolute Gasteiger partial charge is 0.294 e. The zero-order valence-electron chi connectivity index (χ0n) is 12.6. The number of nitrogens with one attached hydrogen (secondary N) is 2. The minimum Gasteiger partial charge on any atom is -0.356 e. The molecule has 0 saturated carbocycles. The van der Waals surface area contributed by atoms with Gasteiger partial charge in [-0.25, -0.2) is 0 Å². The van der Waals surface area contributed by atoms with Gasteiger partial charge in [0.15, 0.2) is 0 Å². The van der Waals surface area contributed by atoms with Crippen molar-refractivity contribution in [3.8, 4) is 0 Å². The van der Waals surface area contributed by atoms with E-state index in [0.717, 1.165) is 19.3 Å². The topological polar surface area (TPSA) is 73.8 Å². The quantitative estimate of drug-likeness (QED) is 0.591. The molecule has 6 nitrogen and oxygen atoms in total. The maximum absolute atomic E-state index is 11.7. The summed E-state index contributed by atoms with van der Waals surface area (Å²) in [5, 5.41) is 5.75. The summed E-state index contributed by atoms with van der Waals surface area (Å²) < 4.78 is 0. The molecule has 0 bridgehead atoms. The van der Waals surface area contributed by atoms with Crippen molar-refractivity contribution in [3.63, 3.8) is 0 Å². The van der Waals surface area contributed by atoms with Crippen LogP contribution in [0, 0.1) is 0 Å². The van der Waals surface area contributed by atoms with Crippen molar-refractivity contribution in [1.82, 2.24) is 15.5 Å². The number of amides is 1. The van der Waals surface area contributed by atoms with Gasteiger partial charge in [-0.1, -0.05) is 26.2 Å². The molecule has 21 heavy (non-hydrogen) atoms. The summed E-state index contributed by atoms with van der Waals surface area (Å²) in [4.78, 5) is 29.4. The number of Topliss-reactive ketones (excluding diaryl/α,β-unsaturated/α-hetero) is 1. The molecule has 1 fully saturated rings. The Kier molecular flexibility index (Phi) is 5.14. The molecule has 114 valence electrons. The number of ketones is 1. The van der Waals surface area contributed by atoms with Crippen molar-refractivity contribution in [2.75, 3.05) is 6.54 Å². The lowest BCUT2D eigenvalue weighted by molar-refractivity contribution is -0.140. The van der Waals surface area contributed by atoms with Crippen LogP contribution in [0.3, 0.4) is 0 Å². The number of rotatable bonds is 5. The largest absolute Gasteiger partial charge is 0.356 e. The second kappa shape index (κ2) is 7.06. The summed E-state index contributed by atoms with van der Waals surface area (Å²) in [6.45, 7) is 4.37. The number of unbranched alkanes of at least 4 members (excludes halogenated alkanes) is 2. The zero-order chi connectivity index (χ0) is 15.2. The van der Waals surface area contributed by atoms with Crippen LogP contribution in [0.2, 0.25) is 0 Å². The van der Waals surface area contributed by atoms with Crippen LogP contribution >= 0.6 is 0 Å². The third kappa shape index (κ3) is 3.71. The average molecular weight is 290 g/mol. The van der Waals surface area contributed by atoms with Crippen molar-refractivity contribution in [2.24, 2.45) is 4.99 Å². The Morgan fingerprint density at radius 3 is 2.86 bits per heavy atom. The van der Waals surface area contributed by atoms with Gasteiger partial charge < -0.3 is 15.5 Å². The number of allylic oxidation sites excluding steroid dienone is 1. The third-order valence-electron chi connectivity index (χ3n) is 3.70. The van der Waals surface area contributed by atoms with Gasteiger partial charge in [-0.15, -0.1) is 0 Å². The highest BCUT2D eigenvalue weighted by Crippen LogP contribution is 2.18. The number of nitrogens with zero attached hydrogens (tertiary/aromatic N) is 2. The van der Waals surface area contributed by atoms with E-state index in [9.17, 15) is 9.59 Å². The molecule has 2 rings (SSSR count). The fourth-order valence-corrected chi connectivity index (χ4v) is 2.45. The monoisotopic (exact) mass is 290 g/mol. The molecule has 0 aliphatic carbocycles. The van der Waals surface area contributed by atoms with Crippen LogP contribution in [0.1, 0.15) is 39.5 Å². The highest BCUT2D eigenvalue weighted by Gasteiger charge is 2.32. The van der Waals surface area contributed by atoms with Gasteiger partial charge >= 0.3 is 0 Å². The Morgan fingerprint density at radius 2 is 2.19 bits per heavy atom. The molecule has 1 amide bonds. The van der Waals surface area contributed by atoms with Crippen LogP contribution in [0.15, 0.2) is 28.9 Å². The van der Waals surface area contributed by atoms with E-state index in [1.807, 2.05) is 4.90 Å². The summed E-state index contributed by atoms with van der Waals surface area (Å²) in [6.07, 6.45) is 9.42. The van der Waals surface area contributed by atoms with Crippen molar-refractivity contribution in [2.45, 2.75) is 45.6 Å². The molecule has 2 aliphatic heterocycles. The molecule has 2 heterocycles. The summed E-state index contributed by atoms with van der Waals surface area (Å²) in [6, 6.07) is 0.185. The fourth-order valence-electron chi connectivity index (χ4n) is 2.45. The Balaban J connectivity index is 2.17. The Bertz CT molecular complexity index is 508. The lowest BCUT2D eigenvalue weighted by Crippen LogP contribution is -2.53. The van der Waals surface area contributed by atoms with E-state index in [2.05, 4.69) is 29.5 Å². The van der Waals surface area contributed by atoms with Crippen LogP contribution < -0.4 is 10.6 Å². The van der Waals surface area contributed by atoms with Crippen LogP contribution in [0.4, 0.5) is 0 Å². The molecule has 2 N–H and O–H groups in total. The minimum atomic E-state index is -0.556.